The second-order valence-electron chi connectivity index (χ2n) is 4.41. The van der Waals surface area contributed by atoms with Crippen molar-refractivity contribution in [2.24, 2.45) is 0 Å². The molecule has 1 aliphatic rings. The summed E-state index contributed by atoms with van der Waals surface area (Å²) in [5, 5.41) is 0. The zero-order valence-corrected chi connectivity index (χ0v) is 10.9. The first kappa shape index (κ1) is 12.6. The van der Waals surface area contributed by atoms with Gasteiger partial charge in [-0.15, -0.1) is 0 Å². The summed E-state index contributed by atoms with van der Waals surface area (Å²) >= 11 is 0. The Balaban J connectivity index is 2.31. The highest BCUT2D eigenvalue weighted by atomic mass is 32.2. The van der Waals surface area contributed by atoms with Crippen LogP contribution in [-0.4, -0.2) is 25.3 Å². The highest BCUT2D eigenvalue weighted by Gasteiger charge is 2.32. The van der Waals surface area contributed by atoms with Crippen LogP contribution in [0.2, 0.25) is 0 Å². The number of hydrogen-bond acceptors (Lipinski definition) is 2. The number of benzene rings is 1. The molecule has 3 nitrogen and oxygen atoms in total. The van der Waals surface area contributed by atoms with Crippen LogP contribution < -0.4 is 0 Å². The number of rotatable bonds is 3. The molecule has 4 heteroatoms. The summed E-state index contributed by atoms with van der Waals surface area (Å²) in [5.74, 6) is 0. The molecule has 2 rings (SSSR count). The van der Waals surface area contributed by atoms with Crippen molar-refractivity contribution >= 4 is 10.0 Å². The molecule has 1 atom stereocenters. The van der Waals surface area contributed by atoms with Crippen LogP contribution in [0.3, 0.4) is 0 Å². The molecule has 0 spiro atoms. The zero-order valence-electron chi connectivity index (χ0n) is 10.1. The monoisotopic (exact) mass is 252 g/mol. The second kappa shape index (κ2) is 5.19. The van der Waals surface area contributed by atoms with Gasteiger partial charge in [0.2, 0.25) is 10.0 Å². The van der Waals surface area contributed by atoms with E-state index in [0.29, 0.717) is 11.4 Å². The van der Waals surface area contributed by atoms with Crippen molar-refractivity contribution in [1.29, 1.82) is 0 Å². The molecule has 1 saturated heterocycles. The SMILES string of the molecule is CCC1CCCCN1S(=O)(=O)c1cc[c]cc1. The summed E-state index contributed by atoms with van der Waals surface area (Å²) in [6.45, 7) is 2.71. The maximum Gasteiger partial charge on any atom is 0.243 e. The van der Waals surface area contributed by atoms with Gasteiger partial charge in [0.15, 0.2) is 0 Å². The average Bonchev–Trinajstić information content (AvgIpc) is 2.39. The van der Waals surface area contributed by atoms with Crippen molar-refractivity contribution in [3.05, 3.63) is 30.3 Å². The van der Waals surface area contributed by atoms with Gasteiger partial charge in [0.05, 0.1) is 4.90 Å². The second-order valence-corrected chi connectivity index (χ2v) is 6.30. The Hall–Kier alpha value is -0.870. The summed E-state index contributed by atoms with van der Waals surface area (Å²) in [6.07, 6.45) is 3.97. The van der Waals surface area contributed by atoms with Crippen LogP contribution in [0.5, 0.6) is 0 Å². The van der Waals surface area contributed by atoms with Crippen molar-refractivity contribution < 1.29 is 8.42 Å². The van der Waals surface area contributed by atoms with Gasteiger partial charge in [0.1, 0.15) is 0 Å². The van der Waals surface area contributed by atoms with Gasteiger partial charge in [-0.2, -0.15) is 4.31 Å². The first-order chi connectivity index (χ1) is 8.16. The highest BCUT2D eigenvalue weighted by molar-refractivity contribution is 7.89. The normalized spacial score (nSPS) is 22.5. The summed E-state index contributed by atoms with van der Waals surface area (Å²) in [5.41, 5.74) is 0. The van der Waals surface area contributed by atoms with E-state index in [4.69, 9.17) is 0 Å². The van der Waals surface area contributed by atoms with Gasteiger partial charge < -0.3 is 0 Å². The third-order valence-electron chi connectivity index (χ3n) is 3.34. The molecule has 0 aromatic heterocycles. The van der Waals surface area contributed by atoms with Gasteiger partial charge in [0, 0.05) is 12.6 Å². The van der Waals surface area contributed by atoms with Crippen molar-refractivity contribution in [3.8, 4) is 0 Å². The summed E-state index contributed by atoms with van der Waals surface area (Å²) < 4.78 is 26.6. The zero-order chi connectivity index (χ0) is 12.3. The molecule has 0 amide bonds. The van der Waals surface area contributed by atoms with Gasteiger partial charge >= 0.3 is 0 Å². The van der Waals surface area contributed by atoms with Crippen LogP contribution in [0.15, 0.2) is 29.2 Å². The van der Waals surface area contributed by atoms with E-state index in [0.717, 1.165) is 25.7 Å². The summed E-state index contributed by atoms with van der Waals surface area (Å²) in [7, 11) is -3.31. The van der Waals surface area contributed by atoms with E-state index in [1.54, 1.807) is 28.6 Å². The fourth-order valence-electron chi connectivity index (χ4n) is 2.38. The third kappa shape index (κ3) is 2.53. The van der Waals surface area contributed by atoms with Crippen LogP contribution >= 0.6 is 0 Å². The van der Waals surface area contributed by atoms with E-state index in [1.165, 1.54) is 0 Å². The first-order valence-electron chi connectivity index (χ1n) is 6.14. The largest absolute Gasteiger partial charge is 0.243 e. The van der Waals surface area contributed by atoms with Gasteiger partial charge in [0.25, 0.3) is 0 Å². The van der Waals surface area contributed by atoms with Crippen LogP contribution in [-0.2, 0) is 10.0 Å². The van der Waals surface area contributed by atoms with Gasteiger partial charge in [-0.1, -0.05) is 25.5 Å². The Morgan fingerprint density at radius 3 is 2.71 bits per heavy atom. The average molecular weight is 252 g/mol. The fraction of sp³-hybridized carbons (Fsp3) is 0.538. The molecule has 0 saturated carbocycles. The molecule has 1 heterocycles. The standard InChI is InChI=1S/C13H18NO2S/c1-2-12-8-6-7-11-14(12)17(15,16)13-9-4-3-5-10-13/h4-5,9-10,12H,2,6-8,11H2,1H3. The van der Waals surface area contributed by atoms with Crippen molar-refractivity contribution in [2.45, 2.75) is 43.5 Å². The minimum atomic E-state index is -3.31. The minimum absolute atomic E-state index is 0.165. The van der Waals surface area contributed by atoms with Crippen LogP contribution in [0.25, 0.3) is 0 Å². The Kier molecular flexibility index (Phi) is 3.84. The molecule has 1 aliphatic heterocycles. The van der Waals surface area contributed by atoms with Gasteiger partial charge in [-0.25, -0.2) is 8.42 Å². The Bertz CT molecular complexity index is 456. The molecule has 93 valence electrons. The topological polar surface area (TPSA) is 37.4 Å². The molecule has 1 unspecified atom stereocenters. The summed E-state index contributed by atoms with van der Waals surface area (Å²) in [4.78, 5) is 0.386. The van der Waals surface area contributed by atoms with E-state index in [1.807, 2.05) is 0 Å². The maximum atomic E-state index is 12.5. The van der Waals surface area contributed by atoms with E-state index >= 15 is 0 Å². The number of nitrogens with zero attached hydrogens (tertiary/aromatic N) is 1. The number of sulfonamides is 1. The molecule has 1 fully saturated rings. The van der Waals surface area contributed by atoms with Crippen molar-refractivity contribution in [2.75, 3.05) is 6.54 Å². The molecule has 1 aromatic rings. The molecule has 0 aliphatic carbocycles. The minimum Gasteiger partial charge on any atom is -0.207 e. The molecule has 0 N–H and O–H groups in total. The Labute approximate surface area is 104 Å². The van der Waals surface area contributed by atoms with E-state index in [9.17, 15) is 8.42 Å². The lowest BCUT2D eigenvalue weighted by Crippen LogP contribution is -2.43. The molecule has 0 bridgehead atoms. The van der Waals surface area contributed by atoms with Gasteiger partial charge in [-0.05, 0) is 37.5 Å². The fourth-order valence-corrected chi connectivity index (χ4v) is 4.14. The smallest absolute Gasteiger partial charge is 0.207 e. The number of piperidine rings is 1. The molecule has 1 aromatic carbocycles. The molecule has 1 radical (unpaired) electrons. The summed E-state index contributed by atoms with van der Waals surface area (Å²) in [6, 6.07) is 9.56. The predicted molar refractivity (Wildman–Crippen MR) is 67.1 cm³/mol. The number of hydrogen-bond donors (Lipinski definition) is 0. The van der Waals surface area contributed by atoms with Crippen LogP contribution in [0.4, 0.5) is 0 Å². The van der Waals surface area contributed by atoms with Crippen molar-refractivity contribution in [1.82, 2.24) is 4.31 Å². The lowest BCUT2D eigenvalue weighted by Gasteiger charge is -2.34. The van der Waals surface area contributed by atoms with Gasteiger partial charge in [-0.3, -0.25) is 0 Å². The van der Waals surface area contributed by atoms with E-state index in [-0.39, 0.29) is 6.04 Å². The predicted octanol–water partition coefficient (Wildman–Crippen LogP) is 2.44. The molecule has 17 heavy (non-hydrogen) atoms. The van der Waals surface area contributed by atoms with E-state index in [2.05, 4.69) is 13.0 Å². The lowest BCUT2D eigenvalue weighted by atomic mass is 10.0. The Morgan fingerprint density at radius 1 is 1.35 bits per heavy atom. The Morgan fingerprint density at radius 2 is 2.06 bits per heavy atom. The van der Waals surface area contributed by atoms with E-state index < -0.39 is 10.0 Å². The first-order valence-corrected chi connectivity index (χ1v) is 7.58. The quantitative estimate of drug-likeness (QED) is 0.828. The maximum absolute atomic E-state index is 12.5. The van der Waals surface area contributed by atoms with Crippen LogP contribution in [0, 0.1) is 6.07 Å². The molecular formula is C13H18NO2S. The highest BCUT2D eigenvalue weighted by Crippen LogP contribution is 2.26. The lowest BCUT2D eigenvalue weighted by molar-refractivity contribution is 0.246. The third-order valence-corrected chi connectivity index (χ3v) is 5.30. The molecular weight excluding hydrogens is 234 g/mol. The van der Waals surface area contributed by atoms with Crippen LogP contribution in [0.1, 0.15) is 32.6 Å². The van der Waals surface area contributed by atoms with Crippen molar-refractivity contribution in [3.63, 3.8) is 0 Å².